The monoisotopic (exact) mass is 331 g/mol. The van der Waals surface area contributed by atoms with Crippen LogP contribution >= 0.6 is 0 Å². The van der Waals surface area contributed by atoms with Crippen LogP contribution < -0.4 is 5.73 Å². The molecule has 134 valence electrons. The zero-order valence-electron chi connectivity index (χ0n) is 15.1. The van der Waals surface area contributed by atoms with Gasteiger partial charge in [-0.15, -0.1) is 0 Å². The molecule has 0 heterocycles. The van der Waals surface area contributed by atoms with Gasteiger partial charge in [-0.1, -0.05) is 18.2 Å². The van der Waals surface area contributed by atoms with Gasteiger partial charge >= 0.3 is 0 Å². The van der Waals surface area contributed by atoms with Crippen molar-refractivity contribution in [3.63, 3.8) is 0 Å². The summed E-state index contributed by atoms with van der Waals surface area (Å²) in [6, 6.07) is 7.10. The SMILES string of the molecule is CCOCCC[C@@H]1CCc2cc([C@@H]3CC[C@](N)(CO)C3)ccc2C1. The number of aliphatic hydroxyl groups excluding tert-OH is 1. The number of aliphatic hydroxyl groups is 1. The van der Waals surface area contributed by atoms with E-state index in [4.69, 9.17) is 10.5 Å². The molecule has 2 aliphatic rings. The first-order valence-corrected chi connectivity index (χ1v) is 9.73. The largest absolute Gasteiger partial charge is 0.394 e. The van der Waals surface area contributed by atoms with Crippen molar-refractivity contribution in [3.8, 4) is 0 Å². The van der Waals surface area contributed by atoms with Crippen LogP contribution in [0.5, 0.6) is 0 Å². The number of hydrogen-bond acceptors (Lipinski definition) is 3. The maximum Gasteiger partial charge on any atom is 0.0611 e. The van der Waals surface area contributed by atoms with Gasteiger partial charge < -0.3 is 15.6 Å². The number of fused-ring (bicyclic) bond motifs is 1. The lowest BCUT2D eigenvalue weighted by atomic mass is 9.80. The zero-order chi connectivity index (χ0) is 17.0. The molecule has 1 aromatic rings. The number of ether oxygens (including phenoxy) is 1. The molecule has 1 aromatic carbocycles. The summed E-state index contributed by atoms with van der Waals surface area (Å²) in [7, 11) is 0. The van der Waals surface area contributed by atoms with Crippen molar-refractivity contribution in [3.05, 3.63) is 34.9 Å². The maximum atomic E-state index is 9.48. The van der Waals surface area contributed by atoms with E-state index in [1.54, 1.807) is 11.1 Å². The number of hydrogen-bond donors (Lipinski definition) is 2. The Morgan fingerprint density at radius 3 is 2.92 bits per heavy atom. The number of benzene rings is 1. The van der Waals surface area contributed by atoms with Crippen molar-refractivity contribution < 1.29 is 9.84 Å². The molecule has 0 unspecified atom stereocenters. The predicted molar refractivity (Wildman–Crippen MR) is 98.3 cm³/mol. The molecule has 2 aliphatic carbocycles. The first-order chi connectivity index (χ1) is 11.6. The Balaban J connectivity index is 1.58. The molecule has 3 nitrogen and oxygen atoms in total. The summed E-state index contributed by atoms with van der Waals surface area (Å²) in [5.74, 6) is 1.35. The Labute approximate surface area is 146 Å². The van der Waals surface area contributed by atoms with Gasteiger partial charge in [0.15, 0.2) is 0 Å². The van der Waals surface area contributed by atoms with Crippen molar-refractivity contribution in [1.82, 2.24) is 0 Å². The summed E-state index contributed by atoms with van der Waals surface area (Å²) in [6.07, 6.45) is 9.19. The van der Waals surface area contributed by atoms with Gasteiger partial charge in [0.1, 0.15) is 0 Å². The van der Waals surface area contributed by atoms with Crippen LogP contribution in [0.2, 0.25) is 0 Å². The lowest BCUT2D eigenvalue weighted by Crippen LogP contribution is -2.40. The lowest BCUT2D eigenvalue weighted by Gasteiger charge is -2.26. The van der Waals surface area contributed by atoms with Crippen LogP contribution in [0.15, 0.2) is 18.2 Å². The van der Waals surface area contributed by atoms with Crippen molar-refractivity contribution >= 4 is 0 Å². The van der Waals surface area contributed by atoms with Gasteiger partial charge in [-0.3, -0.25) is 0 Å². The van der Waals surface area contributed by atoms with Crippen LogP contribution in [-0.4, -0.2) is 30.5 Å². The van der Waals surface area contributed by atoms with Gasteiger partial charge in [0, 0.05) is 18.8 Å². The maximum absolute atomic E-state index is 9.48. The molecule has 3 rings (SSSR count). The summed E-state index contributed by atoms with van der Waals surface area (Å²) in [4.78, 5) is 0. The second-order valence-electron chi connectivity index (χ2n) is 7.94. The molecule has 0 aliphatic heterocycles. The van der Waals surface area contributed by atoms with E-state index in [-0.39, 0.29) is 12.1 Å². The van der Waals surface area contributed by atoms with E-state index in [2.05, 4.69) is 25.1 Å². The third-order valence-corrected chi connectivity index (χ3v) is 6.10. The molecule has 0 spiro atoms. The fourth-order valence-corrected chi connectivity index (χ4v) is 4.55. The summed E-state index contributed by atoms with van der Waals surface area (Å²) in [5, 5.41) is 9.48. The van der Waals surface area contributed by atoms with E-state index in [0.717, 1.165) is 38.4 Å². The van der Waals surface area contributed by atoms with Crippen LogP contribution in [0.25, 0.3) is 0 Å². The van der Waals surface area contributed by atoms with E-state index in [9.17, 15) is 5.11 Å². The predicted octanol–water partition coefficient (Wildman–Crippen LogP) is 3.57. The van der Waals surface area contributed by atoms with E-state index >= 15 is 0 Å². The molecule has 0 amide bonds. The van der Waals surface area contributed by atoms with E-state index in [1.807, 2.05) is 0 Å². The highest BCUT2D eigenvalue weighted by Gasteiger charge is 2.36. The molecule has 1 fully saturated rings. The van der Waals surface area contributed by atoms with Crippen LogP contribution in [0, 0.1) is 5.92 Å². The minimum absolute atomic E-state index is 0.109. The van der Waals surface area contributed by atoms with E-state index in [1.165, 1.54) is 37.7 Å². The molecule has 24 heavy (non-hydrogen) atoms. The van der Waals surface area contributed by atoms with Gasteiger partial charge in [0.25, 0.3) is 0 Å². The minimum Gasteiger partial charge on any atom is -0.394 e. The molecular weight excluding hydrogens is 298 g/mol. The van der Waals surface area contributed by atoms with Crippen LogP contribution in [-0.2, 0) is 17.6 Å². The van der Waals surface area contributed by atoms with Gasteiger partial charge in [-0.05, 0) is 86.8 Å². The molecule has 1 saturated carbocycles. The standard InChI is InChI=1S/C21H33NO2/c1-2-24-11-3-4-16-5-6-18-13-19(8-7-17(18)12-16)20-9-10-21(22,14-20)15-23/h7-8,13,16,20,23H,2-6,9-12,14-15,22H2,1H3/t16-,20-,21-/m1/s1. The van der Waals surface area contributed by atoms with Gasteiger partial charge in [0.05, 0.1) is 6.61 Å². The van der Waals surface area contributed by atoms with Crippen molar-refractivity contribution in [2.45, 2.75) is 69.7 Å². The Kier molecular flexibility index (Phi) is 5.96. The Morgan fingerprint density at radius 2 is 2.17 bits per heavy atom. The minimum atomic E-state index is -0.355. The fourth-order valence-electron chi connectivity index (χ4n) is 4.55. The molecule has 0 bridgehead atoms. The van der Waals surface area contributed by atoms with Crippen LogP contribution in [0.1, 0.15) is 68.1 Å². The van der Waals surface area contributed by atoms with Gasteiger partial charge in [-0.2, -0.15) is 0 Å². The zero-order valence-corrected chi connectivity index (χ0v) is 15.1. The van der Waals surface area contributed by atoms with E-state index in [0.29, 0.717) is 5.92 Å². The quantitative estimate of drug-likeness (QED) is 0.751. The molecular formula is C21H33NO2. The Bertz CT molecular complexity index is 545. The Morgan fingerprint density at radius 1 is 1.29 bits per heavy atom. The smallest absolute Gasteiger partial charge is 0.0611 e. The summed E-state index contributed by atoms with van der Waals surface area (Å²) < 4.78 is 5.46. The normalized spacial score (nSPS) is 29.6. The topological polar surface area (TPSA) is 55.5 Å². The lowest BCUT2D eigenvalue weighted by molar-refractivity contribution is 0.138. The molecule has 3 heteroatoms. The second-order valence-corrected chi connectivity index (χ2v) is 7.94. The average molecular weight is 332 g/mol. The van der Waals surface area contributed by atoms with Crippen LogP contribution in [0.3, 0.4) is 0 Å². The molecule has 3 N–H and O–H groups in total. The highest BCUT2D eigenvalue weighted by Crippen LogP contribution is 2.40. The fraction of sp³-hybridized carbons (Fsp3) is 0.714. The summed E-state index contributed by atoms with van der Waals surface area (Å²) in [5.41, 5.74) is 10.4. The van der Waals surface area contributed by atoms with Crippen LogP contribution in [0.4, 0.5) is 0 Å². The summed E-state index contributed by atoms with van der Waals surface area (Å²) >= 11 is 0. The average Bonchev–Trinajstić information content (AvgIpc) is 3.01. The first kappa shape index (κ1) is 17.9. The second kappa shape index (κ2) is 7.99. The number of nitrogens with two attached hydrogens (primary N) is 1. The third kappa shape index (κ3) is 4.19. The highest BCUT2D eigenvalue weighted by molar-refractivity contribution is 5.36. The number of aryl methyl sites for hydroxylation is 1. The number of rotatable bonds is 7. The van der Waals surface area contributed by atoms with Crippen molar-refractivity contribution in [2.24, 2.45) is 11.7 Å². The first-order valence-electron chi connectivity index (χ1n) is 9.73. The molecule has 0 radical (unpaired) electrons. The highest BCUT2D eigenvalue weighted by atomic mass is 16.5. The Hall–Kier alpha value is -0.900. The molecule has 3 atom stereocenters. The van der Waals surface area contributed by atoms with Gasteiger partial charge in [0.2, 0.25) is 0 Å². The van der Waals surface area contributed by atoms with Crippen molar-refractivity contribution in [2.75, 3.05) is 19.8 Å². The van der Waals surface area contributed by atoms with Crippen molar-refractivity contribution in [1.29, 1.82) is 0 Å². The van der Waals surface area contributed by atoms with Gasteiger partial charge in [-0.25, -0.2) is 0 Å². The van der Waals surface area contributed by atoms with E-state index < -0.39 is 0 Å². The third-order valence-electron chi connectivity index (χ3n) is 6.10. The molecule has 0 saturated heterocycles. The summed E-state index contributed by atoms with van der Waals surface area (Å²) in [6.45, 7) is 3.91. The molecule has 0 aromatic heterocycles.